The minimum Gasteiger partial charge on any atom is -0.481 e. The molecule has 2 aliphatic heterocycles. The molecule has 5 N–H and O–H groups in total. The van der Waals surface area contributed by atoms with Crippen molar-refractivity contribution >= 4 is 52.4 Å². The fourth-order valence-corrected chi connectivity index (χ4v) is 7.50. The van der Waals surface area contributed by atoms with Crippen LogP contribution >= 0.6 is 11.3 Å². The van der Waals surface area contributed by atoms with Gasteiger partial charge in [0.05, 0.1) is 12.0 Å². The summed E-state index contributed by atoms with van der Waals surface area (Å²) in [5.41, 5.74) is 4.55. The Balaban J connectivity index is 1.34. The molecule has 0 fully saturated rings. The van der Waals surface area contributed by atoms with Crippen LogP contribution in [0.3, 0.4) is 0 Å². The van der Waals surface area contributed by atoms with Gasteiger partial charge in [0.1, 0.15) is 12.1 Å². The Labute approximate surface area is 334 Å². The van der Waals surface area contributed by atoms with Gasteiger partial charge in [-0.25, -0.2) is 0 Å². The number of hydrogen-bond acceptors (Lipinski definition) is 7. The average Bonchev–Trinajstić information content (AvgIpc) is 3.73. The second-order valence-electron chi connectivity index (χ2n) is 14.1. The third-order valence-corrected chi connectivity index (χ3v) is 10.8. The van der Waals surface area contributed by atoms with Gasteiger partial charge in [0, 0.05) is 42.7 Å². The maximum absolute atomic E-state index is 14.4. The quantitative estimate of drug-likeness (QED) is 0.129. The number of anilines is 1. The van der Waals surface area contributed by atoms with E-state index >= 15 is 0 Å². The molecular weight excluding hydrogens is 741 g/mol. The molecule has 7 rings (SSSR count). The molecule has 4 atom stereocenters. The van der Waals surface area contributed by atoms with Crippen LogP contribution in [0.5, 0.6) is 0 Å². The number of ketones is 1. The summed E-state index contributed by atoms with van der Waals surface area (Å²) in [6.45, 7) is 0. The number of hydrogen-bond donors (Lipinski definition) is 5. The average molecular weight is 785 g/mol. The number of amides is 4. The standard InChI is InChI=1S/C45H44N4O7S/c50-40-27-34(45(55)56)24-30-15-19-35(20-16-30)46-41(51)21-22-42(52)47-39(28-36-12-7-23-57-36)44(54)49-38(43(53)48-37(40)25-29-8-3-1-4-9-29)26-31-13-17-33(18-14-31)32-10-5-2-6-11-32/h1-20,23,34,37-39H,21-22,24-28H2,(H,46,51)(H,47,52)(H,48,53)(H,49,54)(H,55,56)/t34-,37-,38-,39+/m1/s1. The second kappa shape index (κ2) is 19.5. The summed E-state index contributed by atoms with van der Waals surface area (Å²) >= 11 is 1.41. The van der Waals surface area contributed by atoms with E-state index in [4.69, 9.17) is 0 Å². The molecule has 4 amide bonds. The summed E-state index contributed by atoms with van der Waals surface area (Å²) in [5, 5.41) is 23.3. The molecular formula is C45H44N4O7S. The minimum atomic E-state index is -1.19. The fraction of sp³-hybridized carbons (Fsp3) is 0.244. The van der Waals surface area contributed by atoms with Crippen LogP contribution in [-0.4, -0.2) is 58.6 Å². The van der Waals surface area contributed by atoms with Gasteiger partial charge in [-0.3, -0.25) is 28.8 Å². The van der Waals surface area contributed by atoms with Gasteiger partial charge in [0.2, 0.25) is 23.6 Å². The van der Waals surface area contributed by atoms with Crippen molar-refractivity contribution in [1.82, 2.24) is 16.0 Å². The number of nitrogens with one attached hydrogen (secondary N) is 4. The number of carboxylic acids is 1. The Kier molecular flexibility index (Phi) is 13.7. The molecule has 0 saturated heterocycles. The first-order chi connectivity index (χ1) is 27.6. The molecule has 0 spiro atoms. The number of carbonyl (C=O) groups is 6. The van der Waals surface area contributed by atoms with Gasteiger partial charge in [-0.05, 0) is 64.2 Å². The zero-order chi connectivity index (χ0) is 40.1. The largest absolute Gasteiger partial charge is 0.481 e. The van der Waals surface area contributed by atoms with E-state index < -0.39 is 59.4 Å². The number of thiophene rings is 1. The van der Waals surface area contributed by atoms with E-state index in [9.17, 15) is 33.9 Å². The molecule has 292 valence electrons. The van der Waals surface area contributed by atoms with Crippen LogP contribution in [0.25, 0.3) is 11.1 Å². The highest BCUT2D eigenvalue weighted by atomic mass is 32.1. The van der Waals surface area contributed by atoms with Crippen molar-refractivity contribution in [2.45, 2.75) is 63.1 Å². The summed E-state index contributed by atoms with van der Waals surface area (Å²) in [4.78, 5) is 82.0. The van der Waals surface area contributed by atoms with Crippen LogP contribution in [0, 0.1) is 5.92 Å². The lowest BCUT2D eigenvalue weighted by molar-refractivity contribution is -0.144. The Morgan fingerprint density at radius 1 is 0.579 bits per heavy atom. The predicted octanol–water partition coefficient (Wildman–Crippen LogP) is 5.53. The molecule has 2 aliphatic rings. The number of aliphatic carboxylic acids is 1. The van der Waals surface area contributed by atoms with Crippen molar-refractivity contribution in [3.05, 3.63) is 148 Å². The number of fused-ring (bicyclic) bond motifs is 18. The number of benzene rings is 4. The summed E-state index contributed by atoms with van der Waals surface area (Å²) in [6, 6.07) is 33.4. The maximum Gasteiger partial charge on any atom is 0.307 e. The Bertz CT molecular complexity index is 2160. The van der Waals surface area contributed by atoms with Crippen molar-refractivity contribution in [2.75, 3.05) is 5.32 Å². The van der Waals surface area contributed by atoms with Gasteiger partial charge in [-0.15, -0.1) is 11.3 Å². The highest BCUT2D eigenvalue weighted by molar-refractivity contribution is 7.09. The Morgan fingerprint density at radius 2 is 1.16 bits per heavy atom. The fourth-order valence-electron chi connectivity index (χ4n) is 6.75. The maximum atomic E-state index is 14.4. The zero-order valence-electron chi connectivity index (χ0n) is 31.2. The summed E-state index contributed by atoms with van der Waals surface area (Å²) < 4.78 is 0. The van der Waals surface area contributed by atoms with Gasteiger partial charge in [-0.1, -0.05) is 103 Å². The molecule has 0 unspecified atom stereocenters. The lowest BCUT2D eigenvalue weighted by atomic mass is 9.90. The molecule has 4 aromatic carbocycles. The summed E-state index contributed by atoms with van der Waals surface area (Å²) in [7, 11) is 0. The van der Waals surface area contributed by atoms with Gasteiger partial charge < -0.3 is 26.4 Å². The molecule has 3 heterocycles. The van der Waals surface area contributed by atoms with Gasteiger partial charge in [0.25, 0.3) is 0 Å². The predicted molar refractivity (Wildman–Crippen MR) is 218 cm³/mol. The van der Waals surface area contributed by atoms with E-state index in [1.807, 2.05) is 102 Å². The molecule has 2 bridgehead atoms. The first-order valence-corrected chi connectivity index (χ1v) is 19.7. The summed E-state index contributed by atoms with van der Waals surface area (Å²) in [6.07, 6.45) is -0.402. The molecule has 0 aliphatic carbocycles. The minimum absolute atomic E-state index is 0.0325. The molecule has 1 aromatic heterocycles. The number of Topliss-reactive ketones (excluding diaryl/α,β-unsaturated/α-hetero) is 1. The molecule has 12 heteroatoms. The van der Waals surface area contributed by atoms with Crippen LogP contribution in [0.4, 0.5) is 5.69 Å². The molecule has 5 aromatic rings. The first-order valence-electron chi connectivity index (χ1n) is 18.8. The molecule has 0 saturated carbocycles. The topological polar surface area (TPSA) is 171 Å². The molecule has 0 radical (unpaired) electrons. The zero-order valence-corrected chi connectivity index (χ0v) is 32.0. The van der Waals surface area contributed by atoms with Gasteiger partial charge >= 0.3 is 5.97 Å². The third kappa shape index (κ3) is 11.8. The van der Waals surface area contributed by atoms with Crippen LogP contribution in [0.2, 0.25) is 0 Å². The van der Waals surface area contributed by atoms with Crippen molar-refractivity contribution in [2.24, 2.45) is 5.92 Å². The smallest absolute Gasteiger partial charge is 0.307 e. The molecule has 57 heavy (non-hydrogen) atoms. The first kappa shape index (κ1) is 40.3. The monoisotopic (exact) mass is 784 g/mol. The SMILES string of the molecule is O=C1CCC(=O)N[C@@H](Cc2cccs2)C(=O)N[C@H](Cc2ccc(-c3ccccc3)cc2)C(=O)N[C@H](Cc2ccccc2)C(=O)C[C@H](C(=O)O)Cc2ccc(cc2)N1. The number of carboxylic acid groups (broad SMARTS) is 1. The van der Waals surface area contributed by atoms with E-state index in [1.54, 1.807) is 24.3 Å². The van der Waals surface area contributed by atoms with Crippen LogP contribution < -0.4 is 21.3 Å². The lowest BCUT2D eigenvalue weighted by Gasteiger charge is -2.26. The normalized spacial score (nSPS) is 20.0. The highest BCUT2D eigenvalue weighted by Gasteiger charge is 2.32. The lowest BCUT2D eigenvalue weighted by Crippen LogP contribution is -2.57. The van der Waals surface area contributed by atoms with Crippen LogP contribution in [0.15, 0.2) is 127 Å². The summed E-state index contributed by atoms with van der Waals surface area (Å²) in [5.74, 6) is -4.95. The number of carbonyl (C=O) groups excluding carboxylic acids is 5. The van der Waals surface area contributed by atoms with E-state index in [2.05, 4.69) is 21.3 Å². The molecule has 11 nitrogen and oxygen atoms in total. The van der Waals surface area contributed by atoms with Crippen molar-refractivity contribution in [1.29, 1.82) is 0 Å². The highest BCUT2D eigenvalue weighted by Crippen LogP contribution is 2.22. The van der Waals surface area contributed by atoms with E-state index in [0.717, 1.165) is 27.1 Å². The Morgan fingerprint density at radius 3 is 1.81 bits per heavy atom. The Hall–Kier alpha value is -6.40. The second-order valence-corrected chi connectivity index (χ2v) is 15.2. The van der Waals surface area contributed by atoms with Crippen molar-refractivity contribution in [3.8, 4) is 11.1 Å². The van der Waals surface area contributed by atoms with E-state index in [1.165, 1.54) is 11.3 Å². The van der Waals surface area contributed by atoms with Crippen molar-refractivity contribution in [3.63, 3.8) is 0 Å². The van der Waals surface area contributed by atoms with Gasteiger partial charge in [-0.2, -0.15) is 0 Å². The van der Waals surface area contributed by atoms with Crippen LogP contribution in [0.1, 0.15) is 40.8 Å². The van der Waals surface area contributed by atoms with Crippen molar-refractivity contribution < 1.29 is 33.9 Å². The van der Waals surface area contributed by atoms with E-state index in [-0.39, 0.29) is 44.9 Å². The third-order valence-electron chi connectivity index (χ3n) is 9.85. The van der Waals surface area contributed by atoms with Gasteiger partial charge in [0.15, 0.2) is 5.78 Å². The van der Waals surface area contributed by atoms with E-state index in [0.29, 0.717) is 11.3 Å². The number of rotatable bonds is 8. The van der Waals surface area contributed by atoms with Crippen LogP contribution in [-0.2, 0) is 54.5 Å².